The first-order valence-corrected chi connectivity index (χ1v) is 24.7. The first-order valence-electron chi connectivity index (χ1n) is 24.7. The van der Waals surface area contributed by atoms with E-state index in [1.807, 2.05) is 0 Å². The van der Waals surface area contributed by atoms with Crippen molar-refractivity contribution in [1.29, 1.82) is 0 Å². The summed E-state index contributed by atoms with van der Waals surface area (Å²) in [7, 11) is 0. The number of aliphatic imine (C=N–C) groups is 1. The normalized spacial score (nSPS) is 15.4. The number of hydrogen-bond acceptors (Lipinski definition) is 16. The number of aliphatic hydroxyl groups is 1. The van der Waals surface area contributed by atoms with Crippen LogP contribution in [0.3, 0.4) is 0 Å². The fourth-order valence-corrected chi connectivity index (χ4v) is 7.03. The molecule has 0 fully saturated rings. The number of aliphatic hydroxyl groups excluding tert-OH is 1. The van der Waals surface area contributed by atoms with E-state index in [0.29, 0.717) is 5.69 Å². The van der Waals surface area contributed by atoms with Gasteiger partial charge in [0.15, 0.2) is 5.96 Å². The summed E-state index contributed by atoms with van der Waals surface area (Å²) in [6, 6.07) is -15.3. The molecule has 20 N–H and O–H groups in total. The third kappa shape index (κ3) is 24.5. The summed E-state index contributed by atoms with van der Waals surface area (Å²) in [6.45, 7) is 11.3. The number of aromatic nitrogens is 2. The monoisotopic (exact) mass is 1100 g/mol. The fraction of sp³-hybridized carbons (Fsp3) is 0.652. The Balaban J connectivity index is 3.53. The minimum Gasteiger partial charge on any atom is -0.481 e. The van der Waals surface area contributed by atoms with E-state index in [-0.39, 0.29) is 50.5 Å². The zero-order valence-corrected chi connectivity index (χ0v) is 44.3. The molecular formula is C46H77N15O16. The SMILES string of the molecule is CC[C@H](C)[C@H](NC(=O)[C@H](CC(=O)O)NC(=O)[C@H](CC(=O)O)NC(=O)[C@H](CC(C)C)NC(=O)[C@@H](NC(=O)[C@H](CO)NC(=O)[C@H](C)N)C(C)C)C(=O)N[C@@H](Cc1cnc[nH]1)C(=O)N[C@@H](CCCN=C(N)N)C(=O)N[C@@H](C)C(=O)O. The van der Waals surface area contributed by atoms with Gasteiger partial charge in [-0.25, -0.2) is 4.98 Å². The zero-order valence-electron chi connectivity index (χ0n) is 44.3. The van der Waals surface area contributed by atoms with Crippen molar-refractivity contribution >= 4 is 77.0 Å². The summed E-state index contributed by atoms with van der Waals surface area (Å²) < 4.78 is 0. The van der Waals surface area contributed by atoms with Crippen molar-refractivity contribution in [3.63, 3.8) is 0 Å². The van der Waals surface area contributed by atoms with Crippen LogP contribution in [-0.4, -0.2) is 181 Å². The van der Waals surface area contributed by atoms with Crippen LogP contribution in [0.25, 0.3) is 0 Å². The third-order valence-electron chi connectivity index (χ3n) is 11.6. The Labute approximate surface area is 444 Å². The van der Waals surface area contributed by atoms with E-state index >= 15 is 0 Å². The highest BCUT2D eigenvalue weighted by Crippen LogP contribution is 2.13. The van der Waals surface area contributed by atoms with Crippen LogP contribution in [0.15, 0.2) is 17.5 Å². The lowest BCUT2D eigenvalue weighted by Crippen LogP contribution is -2.62. The predicted octanol–water partition coefficient (Wildman–Crippen LogP) is -5.49. The second-order valence-corrected chi connectivity index (χ2v) is 19.1. The molecule has 1 heterocycles. The Bertz CT molecular complexity index is 2240. The first-order chi connectivity index (χ1) is 35.9. The largest absolute Gasteiger partial charge is 0.481 e. The number of nitrogens with one attached hydrogen (secondary N) is 10. The number of imidazole rings is 1. The van der Waals surface area contributed by atoms with E-state index in [9.17, 15) is 78.0 Å². The van der Waals surface area contributed by atoms with Gasteiger partial charge in [0.2, 0.25) is 53.2 Å². The molecule has 432 valence electrons. The smallest absolute Gasteiger partial charge is 0.325 e. The summed E-state index contributed by atoms with van der Waals surface area (Å²) in [6.07, 6.45) is 0.166. The van der Waals surface area contributed by atoms with Gasteiger partial charge in [0.1, 0.15) is 54.4 Å². The van der Waals surface area contributed by atoms with E-state index in [1.54, 1.807) is 34.6 Å². The zero-order chi connectivity index (χ0) is 58.9. The van der Waals surface area contributed by atoms with Gasteiger partial charge < -0.3 is 90.5 Å². The molecule has 0 aliphatic carbocycles. The van der Waals surface area contributed by atoms with Gasteiger partial charge in [0, 0.05) is 24.9 Å². The Morgan fingerprint density at radius 1 is 0.597 bits per heavy atom. The minimum atomic E-state index is -2.04. The van der Waals surface area contributed by atoms with Crippen molar-refractivity contribution in [2.24, 2.45) is 39.9 Å². The molecular weight excluding hydrogens is 1020 g/mol. The molecule has 11 atom stereocenters. The summed E-state index contributed by atoms with van der Waals surface area (Å²) in [5.74, 6) is -15.9. The molecule has 0 spiro atoms. The van der Waals surface area contributed by atoms with E-state index < -0.39 is 163 Å². The van der Waals surface area contributed by atoms with Crippen LogP contribution >= 0.6 is 0 Å². The maximum atomic E-state index is 14.2. The van der Waals surface area contributed by atoms with E-state index in [4.69, 9.17) is 17.2 Å². The average Bonchev–Trinajstić information content (AvgIpc) is 3.85. The summed E-state index contributed by atoms with van der Waals surface area (Å²) in [5, 5.41) is 60.0. The fourth-order valence-electron chi connectivity index (χ4n) is 7.03. The quantitative estimate of drug-likeness (QED) is 0.0171. The minimum absolute atomic E-state index is 0.0232. The molecule has 0 aliphatic rings. The van der Waals surface area contributed by atoms with Crippen molar-refractivity contribution in [3.05, 3.63) is 18.2 Å². The lowest BCUT2D eigenvalue weighted by molar-refractivity contribution is -0.144. The number of nitrogens with two attached hydrogens (primary N) is 3. The Morgan fingerprint density at radius 2 is 1.05 bits per heavy atom. The Kier molecular flexibility index (Phi) is 28.9. The molecule has 9 amide bonds. The number of hydrogen-bond donors (Lipinski definition) is 17. The first kappa shape index (κ1) is 67.1. The van der Waals surface area contributed by atoms with E-state index in [2.05, 4.69) is 62.8 Å². The van der Waals surface area contributed by atoms with Crippen LogP contribution in [0.5, 0.6) is 0 Å². The van der Waals surface area contributed by atoms with Gasteiger partial charge in [-0.3, -0.25) is 62.5 Å². The highest BCUT2D eigenvalue weighted by Gasteiger charge is 2.38. The number of nitrogens with zero attached hydrogens (tertiary/aromatic N) is 2. The number of guanidine groups is 1. The van der Waals surface area contributed by atoms with Gasteiger partial charge in [-0.15, -0.1) is 0 Å². The number of carbonyl (C=O) groups is 12. The van der Waals surface area contributed by atoms with Gasteiger partial charge in [0.05, 0.1) is 31.8 Å². The number of carbonyl (C=O) groups excluding carboxylic acids is 9. The lowest BCUT2D eigenvalue weighted by atomic mass is 9.96. The second kappa shape index (κ2) is 33.2. The van der Waals surface area contributed by atoms with Gasteiger partial charge in [-0.1, -0.05) is 48.0 Å². The lowest BCUT2D eigenvalue weighted by Gasteiger charge is -2.29. The van der Waals surface area contributed by atoms with Gasteiger partial charge in [0.25, 0.3) is 0 Å². The number of aliphatic carboxylic acids is 3. The molecule has 0 saturated carbocycles. The van der Waals surface area contributed by atoms with Crippen molar-refractivity contribution in [2.75, 3.05) is 13.2 Å². The number of carboxylic acid groups (broad SMARTS) is 3. The molecule has 1 rings (SSSR count). The van der Waals surface area contributed by atoms with Crippen molar-refractivity contribution in [1.82, 2.24) is 57.8 Å². The summed E-state index contributed by atoms with van der Waals surface area (Å²) in [4.78, 5) is 168. The summed E-state index contributed by atoms with van der Waals surface area (Å²) in [5.41, 5.74) is 16.6. The molecule has 0 aromatic carbocycles. The molecule has 31 heteroatoms. The summed E-state index contributed by atoms with van der Waals surface area (Å²) >= 11 is 0. The van der Waals surface area contributed by atoms with Crippen LogP contribution in [0.4, 0.5) is 0 Å². The average molecular weight is 1100 g/mol. The van der Waals surface area contributed by atoms with Gasteiger partial charge in [-0.05, 0) is 50.9 Å². The molecule has 0 bridgehead atoms. The number of amides is 9. The predicted molar refractivity (Wildman–Crippen MR) is 272 cm³/mol. The van der Waals surface area contributed by atoms with E-state index in [1.165, 1.54) is 33.3 Å². The van der Waals surface area contributed by atoms with E-state index in [0.717, 1.165) is 0 Å². The molecule has 77 heavy (non-hydrogen) atoms. The Morgan fingerprint density at radius 3 is 1.52 bits per heavy atom. The van der Waals surface area contributed by atoms with Crippen molar-refractivity contribution in [2.45, 2.75) is 161 Å². The maximum absolute atomic E-state index is 14.2. The number of aromatic amines is 1. The van der Waals surface area contributed by atoms with Crippen LogP contribution in [-0.2, 0) is 64.0 Å². The molecule has 1 aromatic rings. The van der Waals surface area contributed by atoms with Crippen molar-refractivity contribution < 1.29 is 78.0 Å². The maximum Gasteiger partial charge on any atom is 0.325 e. The highest BCUT2D eigenvalue weighted by atomic mass is 16.4. The van der Waals surface area contributed by atoms with Crippen LogP contribution in [0.2, 0.25) is 0 Å². The molecule has 0 aliphatic heterocycles. The molecule has 0 radical (unpaired) electrons. The molecule has 0 saturated heterocycles. The standard InChI is InChI=1S/C46H77N15O16/c1-9-22(6)35(44(75)58-28(14-25-17-50-19-52-25)39(70)54-26(11-10-12-51-46(48)49)37(68)53-24(8)45(76)77)61-41(72)30(16-33(65)66)56-40(71)29(15-32(63)64)55-38(69)27(13-20(2)3)57-43(74)34(21(4)5)60-42(73)31(18-62)59-36(67)23(7)47/h17,19-24,26-31,34-35,62H,9-16,18,47H2,1-8H3,(H,50,52)(H,53,68)(H,54,70)(H,55,69)(H,56,71)(H,57,74)(H,58,75)(H,59,67)(H,60,73)(H,61,72)(H,63,64)(H,65,66)(H,76,77)(H4,48,49,51)/t22-,23-,24-,26-,27-,28-,29-,30-,31-,34-,35-/m0/s1. The number of H-pyrrole nitrogens is 1. The van der Waals surface area contributed by atoms with Crippen LogP contribution < -0.4 is 65.1 Å². The highest BCUT2D eigenvalue weighted by molar-refractivity contribution is 6.00. The topological polar surface area (TPSA) is 513 Å². The number of carboxylic acids is 3. The number of rotatable bonds is 35. The van der Waals surface area contributed by atoms with Gasteiger partial charge in [-0.2, -0.15) is 0 Å². The third-order valence-corrected chi connectivity index (χ3v) is 11.6. The molecule has 31 nitrogen and oxygen atoms in total. The van der Waals surface area contributed by atoms with Gasteiger partial charge >= 0.3 is 17.9 Å². The van der Waals surface area contributed by atoms with Crippen LogP contribution in [0, 0.1) is 17.8 Å². The van der Waals surface area contributed by atoms with Crippen LogP contribution in [0.1, 0.15) is 99.6 Å². The molecule has 0 unspecified atom stereocenters. The second-order valence-electron chi connectivity index (χ2n) is 19.1. The molecule has 1 aromatic heterocycles. The Hall–Kier alpha value is -7.96. The van der Waals surface area contributed by atoms with Crippen molar-refractivity contribution in [3.8, 4) is 0 Å².